The average Bonchev–Trinajstić information content (AvgIpc) is 2.78. The monoisotopic (exact) mass is 321 g/mol. The largest absolute Gasteiger partial charge is 0.444 e. The molecule has 0 fully saturated rings. The minimum atomic E-state index is -0.585. The van der Waals surface area contributed by atoms with Crippen LogP contribution >= 0.6 is 0 Å². The Labute approximate surface area is 131 Å². The minimum Gasteiger partial charge on any atom is -0.444 e. The fourth-order valence-corrected chi connectivity index (χ4v) is 1.82. The van der Waals surface area contributed by atoms with Gasteiger partial charge in [0.25, 0.3) is 0 Å². The number of H-pyrrole nitrogens is 2. The minimum absolute atomic E-state index is 0.0725. The number of fused-ring (bicyclic) bond motifs is 1. The van der Waals surface area contributed by atoms with Crippen molar-refractivity contribution < 1.29 is 14.3 Å². The number of carbonyl (C=O) groups excluding carboxylic acids is 2. The van der Waals surface area contributed by atoms with Crippen molar-refractivity contribution in [3.05, 3.63) is 22.5 Å². The van der Waals surface area contributed by atoms with Gasteiger partial charge in [0.1, 0.15) is 11.4 Å². The van der Waals surface area contributed by atoms with Gasteiger partial charge in [-0.15, -0.1) is 0 Å². The van der Waals surface area contributed by atoms with E-state index in [1.54, 1.807) is 26.8 Å². The maximum Gasteiger partial charge on any atom is 0.407 e. The molecule has 0 saturated heterocycles. The molecule has 2 aromatic rings. The average molecular weight is 321 g/mol. The summed E-state index contributed by atoms with van der Waals surface area (Å²) in [7, 11) is 0. The van der Waals surface area contributed by atoms with Crippen LogP contribution < -0.4 is 16.2 Å². The molecule has 0 spiro atoms. The molecule has 9 nitrogen and oxygen atoms in total. The number of hydrogen-bond acceptors (Lipinski definition) is 5. The number of aromatic amines is 2. The van der Waals surface area contributed by atoms with Crippen LogP contribution in [0.25, 0.3) is 11.0 Å². The van der Waals surface area contributed by atoms with Crippen LogP contribution in [0.15, 0.2) is 16.9 Å². The van der Waals surface area contributed by atoms with Gasteiger partial charge in [0.05, 0.1) is 5.39 Å². The molecule has 2 rings (SSSR count). The first-order valence-electron chi connectivity index (χ1n) is 7.09. The van der Waals surface area contributed by atoms with Crippen LogP contribution in [0.2, 0.25) is 0 Å². The second-order valence-electron chi connectivity index (χ2n) is 5.91. The number of ether oxygens (including phenoxy) is 1. The predicted molar refractivity (Wildman–Crippen MR) is 84.2 cm³/mol. The molecule has 0 aromatic carbocycles. The van der Waals surface area contributed by atoms with E-state index < -0.39 is 11.7 Å². The van der Waals surface area contributed by atoms with Crippen LogP contribution in [0.5, 0.6) is 0 Å². The lowest BCUT2D eigenvalue weighted by atomic mass is 10.2. The number of nitrogens with zero attached hydrogens (tertiary/aromatic N) is 1. The first-order chi connectivity index (χ1) is 10.7. The first-order valence-corrected chi connectivity index (χ1v) is 7.09. The van der Waals surface area contributed by atoms with Crippen molar-refractivity contribution >= 4 is 28.9 Å². The molecule has 0 unspecified atom stereocenters. The quantitative estimate of drug-likeness (QED) is 0.670. The smallest absolute Gasteiger partial charge is 0.407 e. The summed E-state index contributed by atoms with van der Waals surface area (Å²) in [5, 5.41) is 12.3. The molecule has 0 saturated carbocycles. The number of pyridine rings is 1. The van der Waals surface area contributed by atoms with Gasteiger partial charge in [-0.3, -0.25) is 14.7 Å². The lowest BCUT2D eigenvalue weighted by Gasteiger charge is -2.19. The van der Waals surface area contributed by atoms with E-state index in [0.29, 0.717) is 16.9 Å². The van der Waals surface area contributed by atoms with Crippen molar-refractivity contribution in [3.63, 3.8) is 0 Å². The lowest BCUT2D eigenvalue weighted by Crippen LogP contribution is -2.34. The van der Waals surface area contributed by atoms with E-state index in [1.807, 2.05) is 0 Å². The standard InChI is InChI=1S/C14H19N5O4/c1-14(2,3)23-13(22)15-7-6-10(21)17-12-8-4-5-9(20)16-11(8)18-19-12/h4-5H,6-7H2,1-3H3,(H,15,22)(H3,16,17,18,19,20,21). The number of hydrogen-bond donors (Lipinski definition) is 4. The molecule has 4 N–H and O–H groups in total. The van der Waals surface area contributed by atoms with Crippen molar-refractivity contribution in [2.75, 3.05) is 11.9 Å². The Balaban J connectivity index is 1.85. The van der Waals surface area contributed by atoms with Crippen LogP contribution in [-0.4, -0.2) is 39.3 Å². The van der Waals surface area contributed by atoms with Crippen LogP contribution in [0.3, 0.4) is 0 Å². The van der Waals surface area contributed by atoms with Crippen molar-refractivity contribution in [2.45, 2.75) is 32.8 Å². The van der Waals surface area contributed by atoms with Gasteiger partial charge in [-0.05, 0) is 26.8 Å². The molecule has 0 atom stereocenters. The Morgan fingerprint density at radius 1 is 1.30 bits per heavy atom. The highest BCUT2D eigenvalue weighted by molar-refractivity contribution is 5.98. The van der Waals surface area contributed by atoms with Gasteiger partial charge < -0.3 is 20.4 Å². The maximum atomic E-state index is 11.9. The molecule has 2 heterocycles. The topological polar surface area (TPSA) is 129 Å². The molecule has 0 radical (unpaired) electrons. The van der Waals surface area contributed by atoms with Crippen LogP contribution in [-0.2, 0) is 9.53 Å². The number of alkyl carbamates (subject to hydrolysis) is 1. The summed E-state index contributed by atoms with van der Waals surface area (Å²) in [5.74, 6) is 0.0799. The molecule has 124 valence electrons. The summed E-state index contributed by atoms with van der Waals surface area (Å²) in [4.78, 5) is 37.0. The third kappa shape index (κ3) is 4.83. The second kappa shape index (κ2) is 6.51. The Morgan fingerprint density at radius 3 is 2.74 bits per heavy atom. The number of amides is 2. The van der Waals surface area contributed by atoms with E-state index in [9.17, 15) is 14.4 Å². The molecule has 0 aliphatic carbocycles. The van der Waals surface area contributed by atoms with Crippen LogP contribution in [0.4, 0.5) is 10.6 Å². The number of nitrogens with one attached hydrogen (secondary N) is 4. The molecule has 2 aromatic heterocycles. The molecule has 0 aliphatic rings. The molecular weight excluding hydrogens is 302 g/mol. The maximum absolute atomic E-state index is 11.9. The number of rotatable bonds is 4. The van der Waals surface area contributed by atoms with Gasteiger partial charge in [0, 0.05) is 19.0 Å². The molecule has 23 heavy (non-hydrogen) atoms. The normalized spacial score (nSPS) is 11.3. The SMILES string of the molecule is CC(C)(C)OC(=O)NCCC(=O)Nc1[nH]nc2[nH]c(=O)ccc12. The van der Waals surface area contributed by atoms with Gasteiger partial charge in [-0.2, -0.15) is 5.10 Å². The van der Waals surface area contributed by atoms with Crippen molar-refractivity contribution in [1.82, 2.24) is 20.5 Å². The Kier molecular flexibility index (Phi) is 4.68. The molecule has 0 aliphatic heterocycles. The van der Waals surface area contributed by atoms with Gasteiger partial charge in [0.2, 0.25) is 11.5 Å². The van der Waals surface area contributed by atoms with E-state index in [4.69, 9.17) is 4.74 Å². The molecule has 0 bridgehead atoms. The van der Waals surface area contributed by atoms with Gasteiger partial charge in [0.15, 0.2) is 5.65 Å². The van der Waals surface area contributed by atoms with Crippen molar-refractivity contribution in [3.8, 4) is 0 Å². The predicted octanol–water partition coefficient (Wildman–Crippen LogP) is 1.10. The van der Waals surface area contributed by atoms with E-state index >= 15 is 0 Å². The Morgan fingerprint density at radius 2 is 2.04 bits per heavy atom. The van der Waals surface area contributed by atoms with E-state index in [0.717, 1.165) is 0 Å². The zero-order chi connectivity index (χ0) is 17.0. The summed E-state index contributed by atoms with van der Waals surface area (Å²) < 4.78 is 5.06. The first kappa shape index (κ1) is 16.5. The third-order valence-electron chi connectivity index (χ3n) is 2.73. The third-order valence-corrected chi connectivity index (χ3v) is 2.73. The number of carbonyl (C=O) groups is 2. The highest BCUT2D eigenvalue weighted by Crippen LogP contribution is 2.16. The van der Waals surface area contributed by atoms with Gasteiger partial charge in [-0.25, -0.2) is 4.79 Å². The van der Waals surface area contributed by atoms with E-state index in [1.165, 1.54) is 6.07 Å². The van der Waals surface area contributed by atoms with Crippen molar-refractivity contribution in [2.24, 2.45) is 0 Å². The van der Waals surface area contributed by atoms with E-state index in [2.05, 4.69) is 25.8 Å². The van der Waals surface area contributed by atoms with Gasteiger partial charge >= 0.3 is 6.09 Å². The highest BCUT2D eigenvalue weighted by Gasteiger charge is 2.16. The van der Waals surface area contributed by atoms with Crippen LogP contribution in [0, 0.1) is 0 Å². The molecular formula is C14H19N5O4. The lowest BCUT2D eigenvalue weighted by molar-refractivity contribution is -0.116. The van der Waals surface area contributed by atoms with Crippen LogP contribution in [0.1, 0.15) is 27.2 Å². The zero-order valence-electron chi connectivity index (χ0n) is 13.1. The number of anilines is 1. The second-order valence-corrected chi connectivity index (χ2v) is 5.91. The van der Waals surface area contributed by atoms with Gasteiger partial charge in [-0.1, -0.05) is 0 Å². The summed E-state index contributed by atoms with van der Waals surface area (Å²) in [6, 6.07) is 2.91. The molecule has 9 heteroatoms. The summed E-state index contributed by atoms with van der Waals surface area (Å²) >= 11 is 0. The summed E-state index contributed by atoms with van der Waals surface area (Å²) in [6.07, 6.45) is -0.502. The fraction of sp³-hybridized carbons (Fsp3) is 0.429. The summed E-state index contributed by atoms with van der Waals surface area (Å²) in [5.41, 5.74) is -0.499. The fourth-order valence-electron chi connectivity index (χ4n) is 1.82. The van der Waals surface area contributed by atoms with E-state index in [-0.39, 0.29) is 24.4 Å². The summed E-state index contributed by atoms with van der Waals surface area (Å²) in [6.45, 7) is 5.41. The molecule has 2 amide bonds. The number of aromatic nitrogens is 3. The highest BCUT2D eigenvalue weighted by atomic mass is 16.6. The van der Waals surface area contributed by atoms with Crippen molar-refractivity contribution in [1.29, 1.82) is 0 Å². The Bertz CT molecular complexity index is 771. The Hall–Kier alpha value is -2.84. The zero-order valence-corrected chi connectivity index (χ0v) is 13.1.